The lowest BCUT2D eigenvalue weighted by molar-refractivity contribution is 0.0206. The van der Waals surface area contributed by atoms with E-state index in [1.54, 1.807) is 0 Å². The summed E-state index contributed by atoms with van der Waals surface area (Å²) in [4.78, 5) is 2.41. The van der Waals surface area contributed by atoms with Gasteiger partial charge in [-0.1, -0.05) is 84.9 Å². The van der Waals surface area contributed by atoms with Crippen LogP contribution in [0.15, 0.2) is 84.9 Å². The van der Waals surface area contributed by atoms with Crippen LogP contribution in [0.2, 0.25) is 0 Å². The second kappa shape index (κ2) is 8.51. The Balaban J connectivity index is 1.52. The molecule has 2 heteroatoms. The van der Waals surface area contributed by atoms with E-state index < -0.39 is 0 Å². The van der Waals surface area contributed by atoms with Crippen LogP contribution in [0, 0.1) is 0 Å². The third-order valence-electron chi connectivity index (χ3n) is 5.47. The Morgan fingerprint density at radius 2 is 1.44 bits per heavy atom. The van der Waals surface area contributed by atoms with E-state index in [2.05, 4.69) is 96.9 Å². The first kappa shape index (κ1) is 18.0. The van der Waals surface area contributed by atoms with E-state index in [1.165, 1.54) is 22.3 Å². The third-order valence-corrected chi connectivity index (χ3v) is 5.47. The molecule has 1 atom stereocenters. The van der Waals surface area contributed by atoms with Crippen LogP contribution in [0.25, 0.3) is 0 Å². The summed E-state index contributed by atoms with van der Waals surface area (Å²) in [6.07, 6.45) is 1.18. The summed E-state index contributed by atoms with van der Waals surface area (Å²) < 4.78 is 6.13. The summed E-state index contributed by atoms with van der Waals surface area (Å²) >= 11 is 0. The Morgan fingerprint density at radius 3 is 2.11 bits per heavy atom. The van der Waals surface area contributed by atoms with Gasteiger partial charge < -0.3 is 9.64 Å². The van der Waals surface area contributed by atoms with Gasteiger partial charge in [0.1, 0.15) is 0 Å². The van der Waals surface area contributed by atoms with Gasteiger partial charge in [0.2, 0.25) is 0 Å². The molecule has 3 aromatic carbocycles. The molecule has 0 spiro atoms. The predicted molar refractivity (Wildman–Crippen MR) is 111 cm³/mol. The van der Waals surface area contributed by atoms with Gasteiger partial charge in [-0.2, -0.15) is 0 Å². The third kappa shape index (κ3) is 4.29. The minimum Gasteiger partial charge on any atom is -0.372 e. The van der Waals surface area contributed by atoms with Crippen molar-refractivity contribution in [3.8, 4) is 0 Å². The van der Waals surface area contributed by atoms with Crippen molar-refractivity contribution in [3.63, 3.8) is 0 Å². The maximum Gasteiger partial charge on any atom is 0.0954 e. The van der Waals surface area contributed by atoms with E-state index in [1.807, 2.05) is 0 Å². The van der Waals surface area contributed by atoms with Crippen molar-refractivity contribution in [2.24, 2.45) is 0 Å². The van der Waals surface area contributed by atoms with Crippen LogP contribution in [0.3, 0.4) is 0 Å². The lowest BCUT2D eigenvalue weighted by Gasteiger charge is -2.31. The Morgan fingerprint density at radius 1 is 0.852 bits per heavy atom. The van der Waals surface area contributed by atoms with Gasteiger partial charge in [0, 0.05) is 19.0 Å². The highest BCUT2D eigenvalue weighted by molar-refractivity contribution is 5.33. The number of hydrogen-bond acceptors (Lipinski definition) is 2. The van der Waals surface area contributed by atoms with Crippen LogP contribution >= 0.6 is 0 Å². The summed E-state index contributed by atoms with van der Waals surface area (Å²) in [6, 6.07) is 30.3. The van der Waals surface area contributed by atoms with E-state index in [0.717, 1.165) is 26.1 Å². The van der Waals surface area contributed by atoms with Gasteiger partial charge >= 0.3 is 0 Å². The summed E-state index contributed by atoms with van der Waals surface area (Å²) in [5.74, 6) is 0.358. The van der Waals surface area contributed by atoms with Gasteiger partial charge in [0.05, 0.1) is 12.7 Å². The van der Waals surface area contributed by atoms with Crippen molar-refractivity contribution >= 4 is 0 Å². The number of benzene rings is 3. The maximum atomic E-state index is 6.13. The van der Waals surface area contributed by atoms with Crippen LogP contribution in [0.5, 0.6) is 0 Å². The largest absolute Gasteiger partial charge is 0.372 e. The first-order valence-corrected chi connectivity index (χ1v) is 9.79. The van der Waals surface area contributed by atoms with Gasteiger partial charge in [0.15, 0.2) is 0 Å². The standard InChI is InChI=1S/C25H27NO/c1-26(19-25-23-15-9-8-14-22(23)16-17-27-25)18-24(20-10-4-2-5-11-20)21-12-6-3-7-13-21/h2-15,24-25H,16-19H2,1H3. The van der Waals surface area contributed by atoms with Gasteiger partial charge in [0.25, 0.3) is 0 Å². The second-order valence-corrected chi connectivity index (χ2v) is 7.40. The zero-order valence-corrected chi connectivity index (χ0v) is 15.9. The van der Waals surface area contributed by atoms with E-state index in [0.29, 0.717) is 5.92 Å². The van der Waals surface area contributed by atoms with Crippen molar-refractivity contribution in [2.45, 2.75) is 18.4 Å². The molecular weight excluding hydrogens is 330 g/mol. The fourth-order valence-electron chi connectivity index (χ4n) is 4.07. The van der Waals surface area contributed by atoms with Crippen LogP contribution < -0.4 is 0 Å². The van der Waals surface area contributed by atoms with Crippen LogP contribution in [0.4, 0.5) is 0 Å². The Kier molecular flexibility index (Phi) is 5.66. The molecular formula is C25H27NO. The fourth-order valence-corrected chi connectivity index (χ4v) is 4.07. The number of rotatable bonds is 6. The van der Waals surface area contributed by atoms with Gasteiger partial charge in [-0.05, 0) is 35.7 Å². The Labute approximate surface area is 162 Å². The summed E-state index contributed by atoms with van der Waals surface area (Å²) in [5, 5.41) is 0. The molecule has 3 aromatic rings. The molecule has 1 heterocycles. The van der Waals surface area contributed by atoms with E-state index in [-0.39, 0.29) is 6.10 Å². The lowest BCUT2D eigenvalue weighted by Crippen LogP contribution is -2.32. The van der Waals surface area contributed by atoms with Gasteiger partial charge in [-0.25, -0.2) is 0 Å². The zero-order chi connectivity index (χ0) is 18.5. The molecule has 0 amide bonds. The highest BCUT2D eigenvalue weighted by atomic mass is 16.5. The van der Waals surface area contributed by atoms with E-state index >= 15 is 0 Å². The molecule has 1 aliphatic rings. The van der Waals surface area contributed by atoms with Crippen molar-refractivity contribution in [3.05, 3.63) is 107 Å². The molecule has 0 aromatic heterocycles. The molecule has 27 heavy (non-hydrogen) atoms. The van der Waals surface area contributed by atoms with Crippen molar-refractivity contribution in [1.82, 2.24) is 4.90 Å². The number of likely N-dealkylation sites (N-methyl/N-ethyl adjacent to an activating group) is 1. The second-order valence-electron chi connectivity index (χ2n) is 7.40. The van der Waals surface area contributed by atoms with Crippen LogP contribution in [-0.2, 0) is 11.2 Å². The summed E-state index contributed by atoms with van der Waals surface area (Å²) in [5.41, 5.74) is 5.51. The Hall–Kier alpha value is -2.42. The molecule has 0 saturated heterocycles. The van der Waals surface area contributed by atoms with E-state index in [4.69, 9.17) is 4.74 Å². The summed E-state index contributed by atoms with van der Waals surface area (Å²) in [6.45, 7) is 2.69. The normalized spacial score (nSPS) is 16.5. The molecule has 2 nitrogen and oxygen atoms in total. The molecule has 0 aliphatic carbocycles. The van der Waals surface area contributed by atoms with Gasteiger partial charge in [-0.15, -0.1) is 0 Å². The molecule has 0 radical (unpaired) electrons. The molecule has 1 aliphatic heterocycles. The SMILES string of the molecule is CN(CC1OCCc2ccccc21)CC(c1ccccc1)c1ccccc1. The minimum atomic E-state index is 0.159. The van der Waals surface area contributed by atoms with Gasteiger partial charge in [-0.3, -0.25) is 0 Å². The minimum absolute atomic E-state index is 0.159. The van der Waals surface area contributed by atoms with Crippen molar-refractivity contribution < 1.29 is 4.74 Å². The average molecular weight is 357 g/mol. The quantitative estimate of drug-likeness (QED) is 0.611. The number of nitrogens with zero attached hydrogens (tertiary/aromatic N) is 1. The average Bonchev–Trinajstić information content (AvgIpc) is 2.73. The zero-order valence-electron chi connectivity index (χ0n) is 15.9. The number of hydrogen-bond donors (Lipinski definition) is 0. The van der Waals surface area contributed by atoms with Crippen molar-refractivity contribution in [1.29, 1.82) is 0 Å². The number of ether oxygens (including phenoxy) is 1. The maximum absolute atomic E-state index is 6.13. The molecule has 138 valence electrons. The first-order chi connectivity index (χ1) is 13.3. The Bertz CT molecular complexity index is 807. The topological polar surface area (TPSA) is 12.5 Å². The highest BCUT2D eigenvalue weighted by Crippen LogP contribution is 2.29. The molecule has 0 fully saturated rings. The predicted octanol–water partition coefficient (Wildman–Crippen LogP) is 5.06. The van der Waals surface area contributed by atoms with Crippen LogP contribution in [0.1, 0.15) is 34.3 Å². The number of fused-ring (bicyclic) bond motifs is 1. The first-order valence-electron chi connectivity index (χ1n) is 9.79. The molecule has 0 N–H and O–H groups in total. The highest BCUT2D eigenvalue weighted by Gasteiger charge is 2.23. The fraction of sp³-hybridized carbons (Fsp3) is 0.280. The van der Waals surface area contributed by atoms with Crippen LogP contribution in [-0.4, -0.2) is 31.6 Å². The lowest BCUT2D eigenvalue weighted by atomic mass is 9.90. The molecule has 0 saturated carbocycles. The van der Waals surface area contributed by atoms with E-state index in [9.17, 15) is 0 Å². The summed E-state index contributed by atoms with van der Waals surface area (Å²) in [7, 11) is 2.21. The smallest absolute Gasteiger partial charge is 0.0954 e. The monoisotopic (exact) mass is 357 g/mol. The molecule has 1 unspecified atom stereocenters. The van der Waals surface area contributed by atoms with Crippen molar-refractivity contribution in [2.75, 3.05) is 26.7 Å². The molecule has 0 bridgehead atoms. The molecule has 4 rings (SSSR count).